The van der Waals surface area contributed by atoms with Gasteiger partial charge in [-0.05, 0) is 64.9 Å². The van der Waals surface area contributed by atoms with E-state index < -0.39 is 0 Å². The van der Waals surface area contributed by atoms with Crippen molar-refractivity contribution in [3.05, 3.63) is 24.2 Å². The van der Waals surface area contributed by atoms with Crippen molar-refractivity contribution in [2.24, 2.45) is 0 Å². The summed E-state index contributed by atoms with van der Waals surface area (Å²) >= 11 is 0. The van der Waals surface area contributed by atoms with E-state index in [1.54, 1.807) is 6.26 Å². The molecule has 1 saturated heterocycles. The van der Waals surface area contributed by atoms with Crippen molar-refractivity contribution in [1.82, 2.24) is 10.2 Å². The fourth-order valence-electron chi connectivity index (χ4n) is 3.27. The molecule has 0 aliphatic carbocycles. The van der Waals surface area contributed by atoms with E-state index in [0.29, 0.717) is 0 Å². The average molecular weight is 278 g/mol. The van der Waals surface area contributed by atoms with E-state index >= 15 is 0 Å². The molecule has 1 N–H and O–H groups in total. The zero-order valence-corrected chi connectivity index (χ0v) is 13.3. The second-order valence-electron chi connectivity index (χ2n) is 6.46. The Hall–Kier alpha value is -0.800. The summed E-state index contributed by atoms with van der Waals surface area (Å²) in [5.41, 5.74) is 0.0807. The van der Waals surface area contributed by atoms with Crippen LogP contribution in [0.5, 0.6) is 0 Å². The molecule has 0 bridgehead atoms. The maximum absolute atomic E-state index is 5.71. The lowest BCUT2D eigenvalue weighted by Gasteiger charge is -2.43. The highest BCUT2D eigenvalue weighted by atomic mass is 16.3. The van der Waals surface area contributed by atoms with Gasteiger partial charge in [0, 0.05) is 5.54 Å². The molecule has 1 aromatic heterocycles. The number of nitrogens with zero attached hydrogens (tertiary/aromatic N) is 1. The van der Waals surface area contributed by atoms with Crippen LogP contribution in [0.4, 0.5) is 0 Å². The van der Waals surface area contributed by atoms with Crippen LogP contribution in [0.25, 0.3) is 0 Å². The minimum Gasteiger partial charge on any atom is -0.468 e. The number of likely N-dealkylation sites (tertiary alicyclic amines) is 1. The highest BCUT2D eigenvalue weighted by molar-refractivity contribution is 5.11. The molecule has 3 heteroatoms. The molecular formula is C17H30N2O. The van der Waals surface area contributed by atoms with Crippen molar-refractivity contribution in [3.63, 3.8) is 0 Å². The van der Waals surface area contributed by atoms with Crippen molar-refractivity contribution in [2.45, 2.75) is 64.5 Å². The minimum atomic E-state index is 0.0807. The van der Waals surface area contributed by atoms with Crippen molar-refractivity contribution in [1.29, 1.82) is 0 Å². The van der Waals surface area contributed by atoms with Crippen molar-refractivity contribution in [2.75, 3.05) is 19.6 Å². The maximum atomic E-state index is 5.71. The third kappa shape index (κ3) is 3.64. The Morgan fingerprint density at radius 3 is 2.50 bits per heavy atom. The lowest BCUT2D eigenvalue weighted by Crippen LogP contribution is -2.53. The van der Waals surface area contributed by atoms with E-state index in [-0.39, 0.29) is 11.6 Å². The second-order valence-corrected chi connectivity index (χ2v) is 6.46. The highest BCUT2D eigenvalue weighted by Crippen LogP contribution is 2.33. The van der Waals surface area contributed by atoms with E-state index in [9.17, 15) is 0 Å². The van der Waals surface area contributed by atoms with Crippen LogP contribution in [0.2, 0.25) is 0 Å². The van der Waals surface area contributed by atoms with Gasteiger partial charge in [0.05, 0.1) is 12.3 Å². The fraction of sp³-hybridized carbons (Fsp3) is 0.765. The molecule has 114 valence electrons. The number of hydrogen-bond donors (Lipinski definition) is 1. The van der Waals surface area contributed by atoms with Gasteiger partial charge in [0.15, 0.2) is 0 Å². The smallest absolute Gasteiger partial charge is 0.122 e. The Labute approximate surface area is 123 Å². The molecule has 1 fully saturated rings. The lowest BCUT2D eigenvalue weighted by molar-refractivity contribution is 0.0746. The number of rotatable bonds is 6. The summed E-state index contributed by atoms with van der Waals surface area (Å²) in [5, 5.41) is 3.69. The monoisotopic (exact) mass is 278 g/mol. The third-order valence-corrected chi connectivity index (χ3v) is 4.55. The fourth-order valence-corrected chi connectivity index (χ4v) is 3.27. The van der Waals surface area contributed by atoms with Crippen LogP contribution in [-0.4, -0.2) is 30.1 Å². The summed E-state index contributed by atoms with van der Waals surface area (Å²) in [5.74, 6) is 1.06. The van der Waals surface area contributed by atoms with Crippen LogP contribution in [-0.2, 0) is 0 Å². The summed E-state index contributed by atoms with van der Waals surface area (Å²) in [6.07, 6.45) is 8.33. The van der Waals surface area contributed by atoms with Crippen LogP contribution in [0.1, 0.15) is 64.7 Å². The first-order valence-corrected chi connectivity index (χ1v) is 8.18. The SMILES string of the molecule is CCCNC(c1ccco1)C(C)(C)N1CCCCCC1. The van der Waals surface area contributed by atoms with Gasteiger partial charge in [0.25, 0.3) is 0 Å². The lowest BCUT2D eigenvalue weighted by atomic mass is 9.89. The molecule has 2 heterocycles. The third-order valence-electron chi connectivity index (χ3n) is 4.55. The topological polar surface area (TPSA) is 28.4 Å². The van der Waals surface area contributed by atoms with Crippen molar-refractivity contribution in [3.8, 4) is 0 Å². The molecule has 0 amide bonds. The van der Waals surface area contributed by atoms with E-state index in [2.05, 4.69) is 37.1 Å². The standard InChI is InChI=1S/C17H30N2O/c1-4-11-18-16(15-10-9-14-20-15)17(2,3)19-12-7-5-6-8-13-19/h9-10,14,16,18H,4-8,11-13H2,1-3H3. The van der Waals surface area contributed by atoms with Gasteiger partial charge in [-0.1, -0.05) is 19.8 Å². The highest BCUT2D eigenvalue weighted by Gasteiger charge is 2.37. The summed E-state index contributed by atoms with van der Waals surface area (Å²) in [4.78, 5) is 2.65. The van der Waals surface area contributed by atoms with Gasteiger partial charge in [-0.15, -0.1) is 0 Å². The quantitative estimate of drug-likeness (QED) is 0.853. The molecule has 1 aromatic rings. The summed E-state index contributed by atoms with van der Waals surface area (Å²) in [6.45, 7) is 10.4. The molecule has 0 saturated carbocycles. The predicted octanol–water partition coefficient (Wildman–Crippen LogP) is 3.97. The molecular weight excluding hydrogens is 248 g/mol. The molecule has 1 unspecified atom stereocenters. The van der Waals surface area contributed by atoms with Gasteiger partial charge in [0.2, 0.25) is 0 Å². The zero-order chi connectivity index (χ0) is 14.4. The molecule has 1 atom stereocenters. The summed E-state index contributed by atoms with van der Waals surface area (Å²) in [7, 11) is 0. The Morgan fingerprint density at radius 1 is 1.25 bits per heavy atom. The zero-order valence-electron chi connectivity index (χ0n) is 13.3. The number of furan rings is 1. The van der Waals surface area contributed by atoms with Gasteiger partial charge in [0.1, 0.15) is 5.76 Å². The first-order chi connectivity index (χ1) is 9.66. The molecule has 2 rings (SSSR count). The Bertz CT molecular complexity index is 364. The Balaban J connectivity index is 2.16. The van der Waals surface area contributed by atoms with Gasteiger partial charge in [-0.2, -0.15) is 0 Å². The van der Waals surface area contributed by atoms with Crippen LogP contribution >= 0.6 is 0 Å². The van der Waals surface area contributed by atoms with E-state index in [1.807, 2.05) is 6.07 Å². The van der Waals surface area contributed by atoms with Crippen LogP contribution in [0.3, 0.4) is 0 Å². The number of hydrogen-bond acceptors (Lipinski definition) is 3. The summed E-state index contributed by atoms with van der Waals surface area (Å²) in [6, 6.07) is 4.36. The maximum Gasteiger partial charge on any atom is 0.122 e. The minimum absolute atomic E-state index is 0.0807. The number of nitrogens with one attached hydrogen (secondary N) is 1. The van der Waals surface area contributed by atoms with Gasteiger partial charge < -0.3 is 9.73 Å². The molecule has 0 radical (unpaired) electrons. The first-order valence-electron chi connectivity index (χ1n) is 8.18. The van der Waals surface area contributed by atoms with E-state index in [1.165, 1.54) is 38.8 Å². The van der Waals surface area contributed by atoms with Gasteiger partial charge in [-0.3, -0.25) is 4.90 Å². The van der Waals surface area contributed by atoms with Crippen LogP contribution in [0.15, 0.2) is 22.8 Å². The first kappa shape index (κ1) is 15.6. The van der Waals surface area contributed by atoms with Gasteiger partial charge in [-0.25, -0.2) is 0 Å². The van der Waals surface area contributed by atoms with Crippen molar-refractivity contribution >= 4 is 0 Å². The Morgan fingerprint density at radius 2 is 1.95 bits per heavy atom. The van der Waals surface area contributed by atoms with Gasteiger partial charge >= 0.3 is 0 Å². The molecule has 0 spiro atoms. The predicted molar refractivity (Wildman–Crippen MR) is 83.9 cm³/mol. The normalized spacial score (nSPS) is 19.8. The van der Waals surface area contributed by atoms with Crippen LogP contribution < -0.4 is 5.32 Å². The van der Waals surface area contributed by atoms with E-state index in [4.69, 9.17) is 4.42 Å². The van der Waals surface area contributed by atoms with Crippen molar-refractivity contribution < 1.29 is 4.42 Å². The molecule has 1 aliphatic rings. The second kappa shape index (κ2) is 7.28. The molecule has 3 nitrogen and oxygen atoms in total. The molecule has 0 aromatic carbocycles. The summed E-state index contributed by atoms with van der Waals surface area (Å²) < 4.78 is 5.71. The molecule has 20 heavy (non-hydrogen) atoms. The largest absolute Gasteiger partial charge is 0.468 e. The van der Waals surface area contributed by atoms with E-state index in [0.717, 1.165) is 18.7 Å². The van der Waals surface area contributed by atoms with Crippen LogP contribution in [0, 0.1) is 0 Å². The average Bonchev–Trinajstić information content (AvgIpc) is 2.79. The Kier molecular flexibility index (Phi) is 5.67. The molecule has 1 aliphatic heterocycles.